The first-order valence-corrected chi connectivity index (χ1v) is 4.49. The van der Waals surface area contributed by atoms with Crippen LogP contribution in [0.3, 0.4) is 0 Å². The van der Waals surface area contributed by atoms with Crippen molar-refractivity contribution in [1.29, 1.82) is 0 Å². The second-order valence-corrected chi connectivity index (χ2v) is 4.16. The summed E-state index contributed by atoms with van der Waals surface area (Å²) in [5.41, 5.74) is 0. The molecule has 1 radical (unpaired) electrons. The average Bonchev–Trinajstić information content (AvgIpc) is 0.722. The summed E-state index contributed by atoms with van der Waals surface area (Å²) in [6.45, 7) is 0. The topological polar surface area (TPSA) is 69.2 Å². The third-order valence-electron chi connectivity index (χ3n) is 0. The van der Waals surface area contributed by atoms with Crippen molar-refractivity contribution in [3.63, 3.8) is 0 Å². The van der Waals surface area contributed by atoms with Crippen LogP contribution in [0.15, 0.2) is 0 Å². The molecule has 0 aromatic heterocycles. The van der Waals surface area contributed by atoms with Gasteiger partial charge < -0.3 is 0 Å². The van der Waals surface area contributed by atoms with Gasteiger partial charge in [-0.2, -0.15) is 0 Å². The van der Waals surface area contributed by atoms with Crippen LogP contribution in [0.4, 0.5) is 0 Å². The Bertz CT molecular complexity index is 56.9. The average molecular weight is 214 g/mol. The Morgan fingerprint density at radius 1 is 1.17 bits per heavy atom. The van der Waals surface area contributed by atoms with Gasteiger partial charge in [-0.1, -0.05) is 0 Å². The van der Waals surface area contributed by atoms with Gasteiger partial charge in [0.05, 0.1) is 0 Å². The zero-order chi connectivity index (χ0) is 4.50. The summed E-state index contributed by atoms with van der Waals surface area (Å²) < 4.78 is 0. The van der Waals surface area contributed by atoms with Crippen molar-refractivity contribution in [3.8, 4) is 0 Å². The molecule has 6 heavy (non-hydrogen) atoms. The molecule has 6 heteroatoms. The van der Waals surface area contributed by atoms with Crippen LogP contribution in [0.25, 0.3) is 0 Å². The first-order valence-electron chi connectivity index (χ1n) is 0.730. The van der Waals surface area contributed by atoms with E-state index in [0.717, 1.165) is 0 Å². The van der Waals surface area contributed by atoms with E-state index in [9.17, 15) is 0 Å². The SMILES string of the molecule is [Fe+3].[O-]P([O-])([O-])=[Se]. The normalized spacial score (nSPS) is 9.83. The molecule has 0 aliphatic rings. The molecule has 0 unspecified atom stereocenters. The predicted octanol–water partition coefficient (Wildman–Crippen LogP) is -3.09. The van der Waals surface area contributed by atoms with E-state index in [2.05, 4.69) is 0 Å². The van der Waals surface area contributed by atoms with E-state index in [4.69, 9.17) is 14.7 Å². The van der Waals surface area contributed by atoms with Crippen LogP contribution in [-0.4, -0.2) is 15.1 Å². The Labute approximate surface area is 53.3 Å². The molecule has 0 spiro atoms. The van der Waals surface area contributed by atoms with Crippen LogP contribution in [0.1, 0.15) is 0 Å². The molecule has 37 valence electrons. The van der Waals surface area contributed by atoms with Crippen molar-refractivity contribution in [2.45, 2.75) is 0 Å². The molecule has 0 amide bonds. The number of hydrogen-bond acceptors (Lipinski definition) is 3. The van der Waals surface area contributed by atoms with Gasteiger partial charge >= 0.3 is 53.0 Å². The first-order chi connectivity index (χ1) is 2.00. The van der Waals surface area contributed by atoms with Crippen molar-refractivity contribution < 1.29 is 31.7 Å². The van der Waals surface area contributed by atoms with Crippen molar-refractivity contribution in [1.82, 2.24) is 0 Å². The van der Waals surface area contributed by atoms with Gasteiger partial charge in [0.1, 0.15) is 0 Å². The Kier molecular flexibility index (Phi) is 5.80. The molecule has 0 rings (SSSR count). The Balaban J connectivity index is 0. The summed E-state index contributed by atoms with van der Waals surface area (Å²) in [5.74, 6) is 0. The maximum atomic E-state index is 9.05. The molecule has 3 nitrogen and oxygen atoms in total. The van der Waals surface area contributed by atoms with Gasteiger partial charge in [-0.25, -0.2) is 0 Å². The van der Waals surface area contributed by atoms with Gasteiger partial charge in [-0.3, -0.25) is 0 Å². The van der Waals surface area contributed by atoms with Gasteiger partial charge in [0.2, 0.25) is 0 Å². The number of hydrogen-bond donors (Lipinski definition) is 0. The van der Waals surface area contributed by atoms with E-state index in [-0.39, 0.29) is 17.1 Å². The van der Waals surface area contributed by atoms with E-state index < -0.39 is 6.19 Å². The summed E-state index contributed by atoms with van der Waals surface area (Å²) in [7, 11) is 0. The third-order valence-corrected chi connectivity index (χ3v) is 0. The Morgan fingerprint density at radius 3 is 1.17 bits per heavy atom. The zero-order valence-corrected chi connectivity index (χ0v) is 6.15. The fourth-order valence-electron chi connectivity index (χ4n) is 0. The molecule has 0 atom stereocenters. The van der Waals surface area contributed by atoms with Crippen LogP contribution >= 0.6 is 6.19 Å². The van der Waals surface area contributed by atoms with Crippen molar-refractivity contribution in [3.05, 3.63) is 0 Å². The fraction of sp³-hybridized carbons (Fsp3) is 0. The summed E-state index contributed by atoms with van der Waals surface area (Å²) >= 11 is 1.42. The van der Waals surface area contributed by atoms with Crippen LogP contribution < -0.4 is 14.7 Å². The molecule has 0 N–H and O–H groups in total. The van der Waals surface area contributed by atoms with Gasteiger partial charge in [0.25, 0.3) is 0 Å². The molecule has 0 aromatic rings. The minimum absolute atomic E-state index is 0. The van der Waals surface area contributed by atoms with Crippen molar-refractivity contribution >= 4 is 21.3 Å². The van der Waals surface area contributed by atoms with Crippen LogP contribution in [0.5, 0.6) is 0 Å². The van der Waals surface area contributed by atoms with Gasteiger partial charge in [0, 0.05) is 0 Å². The van der Waals surface area contributed by atoms with Gasteiger partial charge in [-0.05, 0) is 0 Å². The Hall–Kier alpha value is 1.35. The molecule has 0 heterocycles. The van der Waals surface area contributed by atoms with E-state index >= 15 is 0 Å². The molecule has 0 aliphatic heterocycles. The van der Waals surface area contributed by atoms with Gasteiger partial charge in [-0.15, -0.1) is 0 Å². The van der Waals surface area contributed by atoms with E-state index in [1.807, 2.05) is 0 Å². The van der Waals surface area contributed by atoms with Crippen molar-refractivity contribution in [2.24, 2.45) is 0 Å². The maximum absolute atomic E-state index is 9.05. The van der Waals surface area contributed by atoms with Crippen LogP contribution in [0.2, 0.25) is 0 Å². The molecule has 0 bridgehead atoms. The van der Waals surface area contributed by atoms with Crippen LogP contribution in [0, 0.1) is 0 Å². The summed E-state index contributed by atoms with van der Waals surface area (Å²) in [6, 6.07) is 0. The van der Waals surface area contributed by atoms with Crippen molar-refractivity contribution in [2.75, 3.05) is 0 Å². The molecule has 0 fully saturated rings. The second-order valence-electron chi connectivity index (χ2n) is 0.447. The third kappa shape index (κ3) is 55.6. The van der Waals surface area contributed by atoms with Crippen LogP contribution in [-0.2, 0) is 17.1 Å². The second kappa shape index (κ2) is 3.36. The summed E-state index contributed by atoms with van der Waals surface area (Å²) in [5, 5.41) is 0. The van der Waals surface area contributed by atoms with E-state index in [0.29, 0.717) is 0 Å². The predicted molar refractivity (Wildman–Crippen MR) is 12.7 cm³/mol. The van der Waals surface area contributed by atoms with Gasteiger partial charge in [0.15, 0.2) is 0 Å². The monoisotopic (exact) mass is 215 g/mol. The molecule has 0 saturated carbocycles. The zero-order valence-electron chi connectivity index (χ0n) is 2.43. The summed E-state index contributed by atoms with van der Waals surface area (Å²) in [6.07, 6.45) is -4.26. The Morgan fingerprint density at radius 2 is 1.17 bits per heavy atom. The fourth-order valence-corrected chi connectivity index (χ4v) is 0. The van der Waals surface area contributed by atoms with E-state index in [1.165, 1.54) is 15.1 Å². The molecular formula is FeO3PSe. The molecule has 0 aliphatic carbocycles. The molecule has 0 aromatic carbocycles. The molecular weight excluding hydrogens is 214 g/mol. The summed E-state index contributed by atoms with van der Waals surface area (Å²) in [4.78, 5) is 27.1. The quantitative estimate of drug-likeness (QED) is 0.317. The first kappa shape index (κ1) is 10.4. The molecule has 0 saturated heterocycles. The number of rotatable bonds is 0. The minimum atomic E-state index is -4.26. The standard InChI is InChI=1S/Fe.H3O3PSe/c;1-4(2,3)5/h;(H3,1,2,3,5)/q+3;/p-3. The van der Waals surface area contributed by atoms with E-state index in [1.54, 1.807) is 0 Å².